The number of aromatic nitrogens is 1. The summed E-state index contributed by atoms with van der Waals surface area (Å²) < 4.78 is 20.9. The Morgan fingerprint density at radius 1 is 1.36 bits per heavy atom. The van der Waals surface area contributed by atoms with Gasteiger partial charge in [0.2, 0.25) is 0 Å². The molecule has 1 aromatic heterocycles. The van der Waals surface area contributed by atoms with Crippen LogP contribution in [-0.4, -0.2) is 29.2 Å². The minimum atomic E-state index is -0.268. The summed E-state index contributed by atoms with van der Waals surface area (Å²) in [5, 5.41) is 9.17. The van der Waals surface area contributed by atoms with Crippen LogP contribution in [0.2, 0.25) is 0 Å². The third-order valence-corrected chi connectivity index (χ3v) is 5.03. The number of likely N-dealkylation sites (tertiary alicyclic amines) is 1. The van der Waals surface area contributed by atoms with E-state index in [0.717, 1.165) is 38.2 Å². The van der Waals surface area contributed by atoms with E-state index in [-0.39, 0.29) is 5.82 Å². The molecule has 4 nitrogen and oxygen atoms in total. The van der Waals surface area contributed by atoms with Crippen LogP contribution in [0.15, 0.2) is 30.3 Å². The molecule has 0 aliphatic carbocycles. The van der Waals surface area contributed by atoms with E-state index in [9.17, 15) is 9.65 Å². The number of hydrogen-bond acceptors (Lipinski definition) is 3. The SMILES string of the molecule is Cc1c(CN2CCC[C@H](COc3cccc(F)c3)C2)cc(C#N)n1C. The molecule has 2 aromatic rings. The van der Waals surface area contributed by atoms with E-state index >= 15 is 0 Å². The van der Waals surface area contributed by atoms with Crippen molar-refractivity contribution in [1.29, 1.82) is 5.26 Å². The number of benzene rings is 1. The summed E-state index contributed by atoms with van der Waals surface area (Å²) in [6.45, 7) is 5.55. The quantitative estimate of drug-likeness (QED) is 0.834. The lowest BCUT2D eigenvalue weighted by Crippen LogP contribution is -2.37. The Balaban J connectivity index is 1.57. The summed E-state index contributed by atoms with van der Waals surface area (Å²) in [5.74, 6) is 0.766. The van der Waals surface area contributed by atoms with Gasteiger partial charge < -0.3 is 9.30 Å². The van der Waals surface area contributed by atoms with Gasteiger partial charge in [0.1, 0.15) is 23.3 Å². The standard InChI is InChI=1S/C20H24FN3O/c1-15-17(9-19(11-22)23(15)2)13-24-8-4-5-16(12-24)14-25-20-7-3-6-18(21)10-20/h3,6-7,9-10,16H,4-5,8,12-14H2,1-2H3/t16-/m0/s1. The van der Waals surface area contributed by atoms with Crippen LogP contribution in [-0.2, 0) is 13.6 Å². The first-order valence-corrected chi connectivity index (χ1v) is 8.73. The zero-order chi connectivity index (χ0) is 17.8. The molecule has 1 fully saturated rings. The van der Waals surface area contributed by atoms with E-state index in [1.165, 1.54) is 17.7 Å². The monoisotopic (exact) mass is 341 g/mol. The van der Waals surface area contributed by atoms with Crippen LogP contribution in [0.25, 0.3) is 0 Å². The van der Waals surface area contributed by atoms with Gasteiger partial charge >= 0.3 is 0 Å². The molecule has 1 saturated heterocycles. The molecule has 0 saturated carbocycles. The third-order valence-electron chi connectivity index (χ3n) is 5.03. The highest BCUT2D eigenvalue weighted by Crippen LogP contribution is 2.22. The average molecular weight is 341 g/mol. The van der Waals surface area contributed by atoms with Crippen LogP contribution in [0, 0.1) is 30.0 Å². The van der Waals surface area contributed by atoms with Gasteiger partial charge in [0, 0.05) is 37.8 Å². The van der Waals surface area contributed by atoms with E-state index in [1.807, 2.05) is 17.7 Å². The van der Waals surface area contributed by atoms with E-state index in [2.05, 4.69) is 17.9 Å². The summed E-state index contributed by atoms with van der Waals surface area (Å²) in [6, 6.07) is 10.5. The number of piperidine rings is 1. The van der Waals surface area contributed by atoms with Crippen molar-refractivity contribution >= 4 is 0 Å². The predicted molar refractivity (Wildman–Crippen MR) is 94.8 cm³/mol. The zero-order valence-electron chi connectivity index (χ0n) is 14.8. The van der Waals surface area contributed by atoms with Crippen molar-refractivity contribution < 1.29 is 9.13 Å². The van der Waals surface area contributed by atoms with Crippen molar-refractivity contribution in [3.63, 3.8) is 0 Å². The average Bonchev–Trinajstić information content (AvgIpc) is 2.88. The van der Waals surface area contributed by atoms with Gasteiger partial charge in [0.15, 0.2) is 0 Å². The van der Waals surface area contributed by atoms with Gasteiger partial charge in [-0.05, 0) is 50.1 Å². The minimum absolute atomic E-state index is 0.268. The van der Waals surface area contributed by atoms with Gasteiger partial charge in [-0.15, -0.1) is 0 Å². The Hall–Kier alpha value is -2.32. The molecule has 3 rings (SSSR count). The molecule has 0 radical (unpaired) electrons. The number of nitriles is 1. The van der Waals surface area contributed by atoms with E-state index in [0.29, 0.717) is 24.0 Å². The molecule has 132 valence electrons. The maximum atomic E-state index is 13.2. The Bertz CT molecular complexity index is 778. The third kappa shape index (κ3) is 4.21. The van der Waals surface area contributed by atoms with Gasteiger partial charge in [0.05, 0.1) is 6.61 Å². The van der Waals surface area contributed by atoms with Crippen molar-refractivity contribution in [3.05, 3.63) is 53.1 Å². The highest BCUT2D eigenvalue weighted by Gasteiger charge is 2.22. The number of nitrogens with zero attached hydrogens (tertiary/aromatic N) is 3. The topological polar surface area (TPSA) is 41.2 Å². The molecular formula is C20H24FN3O. The summed E-state index contributed by atoms with van der Waals surface area (Å²) >= 11 is 0. The second kappa shape index (κ2) is 7.71. The van der Waals surface area contributed by atoms with Gasteiger partial charge in [0.25, 0.3) is 0 Å². The van der Waals surface area contributed by atoms with E-state index in [4.69, 9.17) is 4.74 Å². The zero-order valence-corrected chi connectivity index (χ0v) is 14.8. The molecule has 25 heavy (non-hydrogen) atoms. The molecular weight excluding hydrogens is 317 g/mol. The molecule has 1 aliphatic heterocycles. The largest absolute Gasteiger partial charge is 0.493 e. The first-order chi connectivity index (χ1) is 12.1. The van der Waals surface area contributed by atoms with Crippen molar-refractivity contribution in [1.82, 2.24) is 9.47 Å². The normalized spacial score (nSPS) is 18.1. The first kappa shape index (κ1) is 17.5. The Kier molecular flexibility index (Phi) is 5.40. The van der Waals surface area contributed by atoms with Crippen LogP contribution in [0.3, 0.4) is 0 Å². The lowest BCUT2D eigenvalue weighted by Gasteiger charge is -2.32. The smallest absolute Gasteiger partial charge is 0.126 e. The predicted octanol–water partition coefficient (Wildman–Crippen LogP) is 3.64. The van der Waals surface area contributed by atoms with Crippen LogP contribution < -0.4 is 4.74 Å². The van der Waals surface area contributed by atoms with Crippen molar-refractivity contribution in [2.24, 2.45) is 13.0 Å². The van der Waals surface area contributed by atoms with Crippen molar-refractivity contribution in [2.45, 2.75) is 26.3 Å². The Labute approximate surface area is 148 Å². The maximum absolute atomic E-state index is 13.2. The first-order valence-electron chi connectivity index (χ1n) is 8.73. The molecule has 5 heteroatoms. The van der Waals surface area contributed by atoms with Gasteiger partial charge in [-0.25, -0.2) is 4.39 Å². The molecule has 1 aliphatic rings. The minimum Gasteiger partial charge on any atom is -0.493 e. The van der Waals surface area contributed by atoms with Crippen LogP contribution in [0.4, 0.5) is 4.39 Å². The molecule has 0 unspecified atom stereocenters. The number of ether oxygens (including phenoxy) is 1. The van der Waals surface area contributed by atoms with E-state index < -0.39 is 0 Å². The van der Waals surface area contributed by atoms with Gasteiger partial charge in [-0.1, -0.05) is 6.07 Å². The Morgan fingerprint density at radius 2 is 2.20 bits per heavy atom. The highest BCUT2D eigenvalue weighted by molar-refractivity contribution is 5.34. The lowest BCUT2D eigenvalue weighted by molar-refractivity contribution is 0.125. The fourth-order valence-electron chi connectivity index (χ4n) is 3.47. The fraction of sp³-hybridized carbons (Fsp3) is 0.450. The molecule has 0 bridgehead atoms. The lowest BCUT2D eigenvalue weighted by atomic mass is 9.98. The molecule has 0 N–H and O–H groups in total. The van der Waals surface area contributed by atoms with Crippen LogP contribution in [0.5, 0.6) is 5.75 Å². The molecule has 0 amide bonds. The second-order valence-electron chi connectivity index (χ2n) is 6.82. The van der Waals surface area contributed by atoms with Gasteiger partial charge in [-0.3, -0.25) is 4.90 Å². The molecule has 1 aromatic carbocycles. The molecule has 0 spiro atoms. The second-order valence-corrected chi connectivity index (χ2v) is 6.82. The summed E-state index contributed by atoms with van der Waals surface area (Å²) in [5.41, 5.74) is 3.07. The molecule has 2 heterocycles. The summed E-state index contributed by atoms with van der Waals surface area (Å²) in [4.78, 5) is 2.42. The summed E-state index contributed by atoms with van der Waals surface area (Å²) in [6.07, 6.45) is 2.26. The van der Waals surface area contributed by atoms with Crippen LogP contribution >= 0.6 is 0 Å². The number of hydrogen-bond donors (Lipinski definition) is 0. The number of halogens is 1. The number of rotatable bonds is 5. The van der Waals surface area contributed by atoms with Gasteiger partial charge in [-0.2, -0.15) is 5.26 Å². The summed E-state index contributed by atoms with van der Waals surface area (Å²) in [7, 11) is 1.93. The van der Waals surface area contributed by atoms with Crippen molar-refractivity contribution in [2.75, 3.05) is 19.7 Å². The van der Waals surface area contributed by atoms with Crippen molar-refractivity contribution in [3.8, 4) is 11.8 Å². The molecule has 1 atom stereocenters. The van der Waals surface area contributed by atoms with Crippen LogP contribution in [0.1, 0.15) is 29.8 Å². The Morgan fingerprint density at radius 3 is 2.92 bits per heavy atom. The van der Waals surface area contributed by atoms with E-state index in [1.54, 1.807) is 12.1 Å². The maximum Gasteiger partial charge on any atom is 0.126 e. The fourth-order valence-corrected chi connectivity index (χ4v) is 3.47. The highest BCUT2D eigenvalue weighted by atomic mass is 19.1.